The molecule has 0 radical (unpaired) electrons. The highest BCUT2D eigenvalue weighted by molar-refractivity contribution is 5.81. The average Bonchev–Trinajstić information content (AvgIpc) is 3.24. The van der Waals surface area contributed by atoms with E-state index in [-0.39, 0.29) is 18.1 Å². The van der Waals surface area contributed by atoms with Gasteiger partial charge >= 0.3 is 0 Å². The average molecular weight is 335 g/mol. The van der Waals surface area contributed by atoms with Crippen LogP contribution in [0.2, 0.25) is 0 Å². The van der Waals surface area contributed by atoms with Crippen molar-refractivity contribution in [2.45, 2.75) is 51.5 Å². The van der Waals surface area contributed by atoms with E-state index in [4.69, 9.17) is 9.47 Å². The number of nitrogens with one attached hydrogen (secondary N) is 1. The fourth-order valence-corrected chi connectivity index (χ4v) is 3.40. The zero-order valence-electron chi connectivity index (χ0n) is 14.6. The van der Waals surface area contributed by atoms with Crippen LogP contribution in [-0.2, 0) is 27.4 Å². The minimum Gasteiger partial charge on any atom is -0.379 e. The van der Waals surface area contributed by atoms with E-state index in [9.17, 15) is 4.79 Å². The summed E-state index contributed by atoms with van der Waals surface area (Å²) in [7, 11) is 0. The number of hydrogen-bond donors (Lipinski definition) is 1. The van der Waals surface area contributed by atoms with Gasteiger partial charge in [-0.05, 0) is 30.9 Å². The quantitative estimate of drug-likeness (QED) is 0.818. The molecule has 2 aliphatic rings. The lowest BCUT2D eigenvalue weighted by Crippen LogP contribution is -2.41. The van der Waals surface area contributed by atoms with E-state index in [0.29, 0.717) is 6.54 Å². The topological polar surface area (TPSA) is 55.7 Å². The molecule has 0 aromatic carbocycles. The fraction of sp³-hybridized carbons (Fsp3) is 0.722. The van der Waals surface area contributed by atoms with Gasteiger partial charge in [-0.25, -0.2) is 0 Å². The third kappa shape index (κ3) is 4.82. The lowest BCUT2D eigenvalue weighted by Gasteiger charge is -2.28. The molecule has 3 rings (SSSR count). The maximum Gasteiger partial charge on any atom is 0.249 e. The summed E-state index contributed by atoms with van der Waals surface area (Å²) in [5.41, 5.74) is 1.14. The summed E-state index contributed by atoms with van der Waals surface area (Å²) >= 11 is 0. The van der Waals surface area contributed by atoms with Crippen molar-refractivity contribution in [3.05, 3.63) is 24.0 Å². The second-order valence-electron chi connectivity index (χ2n) is 6.71. The van der Waals surface area contributed by atoms with Gasteiger partial charge in [0.2, 0.25) is 5.91 Å². The Balaban J connectivity index is 1.39. The molecule has 0 spiro atoms. The predicted octanol–water partition coefficient (Wildman–Crippen LogP) is 1.39. The van der Waals surface area contributed by atoms with Crippen molar-refractivity contribution in [1.29, 1.82) is 0 Å². The molecular weight excluding hydrogens is 306 g/mol. The number of morpholine rings is 1. The molecule has 1 aromatic rings. The maximum atomic E-state index is 12.3. The SMILES string of the molecule is CCCn1ccc(CNC(=O)[C@@H]2CC[C@H](CN3CCOCC3)O2)c1. The summed E-state index contributed by atoms with van der Waals surface area (Å²) in [6.45, 7) is 8.19. The van der Waals surface area contributed by atoms with E-state index < -0.39 is 0 Å². The van der Waals surface area contributed by atoms with Crippen LogP contribution in [0.25, 0.3) is 0 Å². The summed E-state index contributed by atoms with van der Waals surface area (Å²) in [4.78, 5) is 14.7. The fourth-order valence-electron chi connectivity index (χ4n) is 3.40. The predicted molar refractivity (Wildman–Crippen MR) is 91.7 cm³/mol. The number of hydrogen-bond acceptors (Lipinski definition) is 4. The first kappa shape index (κ1) is 17.5. The van der Waals surface area contributed by atoms with Crippen LogP contribution in [0.4, 0.5) is 0 Å². The highest BCUT2D eigenvalue weighted by atomic mass is 16.5. The number of aryl methyl sites for hydroxylation is 1. The molecule has 6 nitrogen and oxygen atoms in total. The third-order valence-electron chi connectivity index (χ3n) is 4.73. The molecule has 0 aliphatic carbocycles. The molecule has 2 atom stereocenters. The van der Waals surface area contributed by atoms with Gasteiger partial charge in [0.05, 0.1) is 19.3 Å². The van der Waals surface area contributed by atoms with Crippen LogP contribution in [0, 0.1) is 0 Å². The van der Waals surface area contributed by atoms with Crippen molar-refractivity contribution >= 4 is 5.91 Å². The molecule has 0 saturated carbocycles. The van der Waals surface area contributed by atoms with Crippen LogP contribution in [-0.4, -0.2) is 60.4 Å². The number of ether oxygens (including phenoxy) is 2. The third-order valence-corrected chi connectivity index (χ3v) is 4.73. The Labute approximate surface area is 144 Å². The number of carbonyl (C=O) groups is 1. The first-order valence-electron chi connectivity index (χ1n) is 9.12. The highest BCUT2D eigenvalue weighted by Gasteiger charge is 2.31. The zero-order chi connectivity index (χ0) is 16.8. The summed E-state index contributed by atoms with van der Waals surface area (Å²) in [6, 6.07) is 2.06. The second-order valence-corrected chi connectivity index (χ2v) is 6.71. The Kier molecular flexibility index (Phi) is 6.29. The number of amides is 1. The number of aromatic nitrogens is 1. The summed E-state index contributed by atoms with van der Waals surface area (Å²) < 4.78 is 13.5. The standard InChI is InChI=1S/C18H29N3O3/c1-2-6-20-7-5-15(13-20)12-19-18(22)17-4-3-16(24-17)14-21-8-10-23-11-9-21/h5,7,13,16-17H,2-4,6,8-12,14H2,1H3,(H,19,22)/t16-,17+/m1/s1. The smallest absolute Gasteiger partial charge is 0.249 e. The van der Waals surface area contributed by atoms with E-state index >= 15 is 0 Å². The monoisotopic (exact) mass is 335 g/mol. The van der Waals surface area contributed by atoms with Crippen molar-refractivity contribution in [3.8, 4) is 0 Å². The molecule has 134 valence electrons. The van der Waals surface area contributed by atoms with E-state index in [2.05, 4.69) is 40.2 Å². The van der Waals surface area contributed by atoms with E-state index in [1.165, 1.54) is 0 Å². The molecule has 0 unspecified atom stereocenters. The van der Waals surface area contributed by atoms with Crippen molar-refractivity contribution < 1.29 is 14.3 Å². The minimum absolute atomic E-state index is 0.0164. The molecular formula is C18H29N3O3. The summed E-state index contributed by atoms with van der Waals surface area (Å²) in [5.74, 6) is 0.0164. The van der Waals surface area contributed by atoms with Crippen LogP contribution in [0.3, 0.4) is 0 Å². The molecule has 6 heteroatoms. The minimum atomic E-state index is -0.297. The highest BCUT2D eigenvalue weighted by Crippen LogP contribution is 2.21. The Morgan fingerprint density at radius 2 is 2.17 bits per heavy atom. The Morgan fingerprint density at radius 3 is 2.96 bits per heavy atom. The number of carbonyl (C=O) groups excluding carboxylic acids is 1. The molecule has 24 heavy (non-hydrogen) atoms. The maximum absolute atomic E-state index is 12.3. The van der Waals surface area contributed by atoms with Gasteiger partial charge in [0.15, 0.2) is 0 Å². The Bertz CT molecular complexity index is 525. The first-order chi connectivity index (χ1) is 11.7. The molecule has 2 fully saturated rings. The molecule has 2 saturated heterocycles. The van der Waals surface area contributed by atoms with Gasteiger partial charge in [-0.2, -0.15) is 0 Å². The lowest BCUT2D eigenvalue weighted by molar-refractivity contribution is -0.132. The molecule has 1 amide bonds. The molecule has 2 aliphatic heterocycles. The number of rotatable bonds is 7. The van der Waals surface area contributed by atoms with Crippen LogP contribution < -0.4 is 5.32 Å². The van der Waals surface area contributed by atoms with Gasteiger partial charge in [0, 0.05) is 45.1 Å². The van der Waals surface area contributed by atoms with Crippen LogP contribution >= 0.6 is 0 Å². The molecule has 1 N–H and O–H groups in total. The second kappa shape index (κ2) is 8.65. The van der Waals surface area contributed by atoms with Gasteiger partial charge in [-0.1, -0.05) is 6.92 Å². The van der Waals surface area contributed by atoms with Gasteiger partial charge < -0.3 is 19.4 Å². The molecule has 1 aromatic heterocycles. The Morgan fingerprint density at radius 1 is 1.33 bits per heavy atom. The van der Waals surface area contributed by atoms with Crippen LogP contribution in [0.1, 0.15) is 31.7 Å². The summed E-state index contributed by atoms with van der Waals surface area (Å²) in [5, 5.41) is 3.01. The van der Waals surface area contributed by atoms with Crippen LogP contribution in [0.15, 0.2) is 18.5 Å². The van der Waals surface area contributed by atoms with Crippen LogP contribution in [0.5, 0.6) is 0 Å². The van der Waals surface area contributed by atoms with Gasteiger partial charge in [-0.15, -0.1) is 0 Å². The van der Waals surface area contributed by atoms with E-state index in [1.807, 2.05) is 0 Å². The normalized spacial score (nSPS) is 25.0. The van der Waals surface area contributed by atoms with E-state index in [0.717, 1.165) is 64.2 Å². The van der Waals surface area contributed by atoms with Gasteiger partial charge in [0.25, 0.3) is 0 Å². The summed E-state index contributed by atoms with van der Waals surface area (Å²) in [6.07, 6.45) is 6.93. The zero-order valence-corrected chi connectivity index (χ0v) is 14.6. The van der Waals surface area contributed by atoms with Crippen molar-refractivity contribution in [3.63, 3.8) is 0 Å². The van der Waals surface area contributed by atoms with Crippen molar-refractivity contribution in [2.24, 2.45) is 0 Å². The number of nitrogens with zero attached hydrogens (tertiary/aromatic N) is 2. The lowest BCUT2D eigenvalue weighted by atomic mass is 10.1. The van der Waals surface area contributed by atoms with E-state index in [1.54, 1.807) is 0 Å². The molecule has 0 bridgehead atoms. The first-order valence-corrected chi connectivity index (χ1v) is 9.12. The van der Waals surface area contributed by atoms with Gasteiger partial charge in [0.1, 0.15) is 6.10 Å². The largest absolute Gasteiger partial charge is 0.379 e. The van der Waals surface area contributed by atoms with Crippen molar-refractivity contribution in [1.82, 2.24) is 14.8 Å². The molecule has 3 heterocycles. The van der Waals surface area contributed by atoms with Crippen molar-refractivity contribution in [2.75, 3.05) is 32.8 Å². The Hall–Kier alpha value is -1.37. The van der Waals surface area contributed by atoms with Gasteiger partial charge in [-0.3, -0.25) is 9.69 Å².